The lowest BCUT2D eigenvalue weighted by atomic mass is 10.4. The quantitative estimate of drug-likeness (QED) is 0.773. The van der Waals surface area contributed by atoms with Gasteiger partial charge < -0.3 is 5.32 Å². The molecule has 2 N–H and O–H groups in total. The summed E-state index contributed by atoms with van der Waals surface area (Å²) in [5, 5.41) is 19.8. The van der Waals surface area contributed by atoms with Crippen molar-refractivity contribution in [3.8, 4) is 5.69 Å². The van der Waals surface area contributed by atoms with Crippen LogP contribution in [0.25, 0.3) is 5.69 Å². The number of carbonyl (C=O) groups is 1. The van der Waals surface area contributed by atoms with Crippen molar-refractivity contribution in [3.63, 3.8) is 0 Å². The molecule has 3 rings (SSSR count). The van der Waals surface area contributed by atoms with Gasteiger partial charge >= 0.3 is 6.03 Å². The van der Waals surface area contributed by atoms with Gasteiger partial charge in [-0.3, -0.25) is 5.32 Å². The van der Waals surface area contributed by atoms with Crippen molar-refractivity contribution in [1.82, 2.24) is 25.3 Å². The highest BCUT2D eigenvalue weighted by atomic mass is 32.1. The number of aryl methyl sites for hydroxylation is 1. The molecule has 0 fully saturated rings. The van der Waals surface area contributed by atoms with E-state index in [-0.39, 0.29) is 6.03 Å². The molecule has 0 aromatic carbocycles. The van der Waals surface area contributed by atoms with E-state index in [1.54, 1.807) is 22.2 Å². The topological polar surface area (TPSA) is 84.7 Å². The third kappa shape index (κ3) is 3.44. The number of anilines is 1. The number of thiazole rings is 1. The van der Waals surface area contributed by atoms with E-state index >= 15 is 0 Å². The molecule has 0 saturated heterocycles. The lowest BCUT2D eigenvalue weighted by Crippen LogP contribution is -2.28. The molecule has 7 nitrogen and oxygen atoms in total. The SMILES string of the molecule is Cc1csc(NC(=O)NCc2cn(-c3ccsc3)nn2)n1. The summed E-state index contributed by atoms with van der Waals surface area (Å²) in [4.78, 5) is 15.9. The molecule has 9 heteroatoms. The van der Waals surface area contributed by atoms with Crippen LogP contribution in [0.5, 0.6) is 0 Å². The average molecular weight is 320 g/mol. The van der Waals surface area contributed by atoms with Gasteiger partial charge in [-0.25, -0.2) is 14.5 Å². The smallest absolute Gasteiger partial charge is 0.321 e. The maximum absolute atomic E-state index is 11.7. The van der Waals surface area contributed by atoms with Gasteiger partial charge in [0.1, 0.15) is 5.69 Å². The molecule has 0 aliphatic heterocycles. The first-order valence-electron chi connectivity index (χ1n) is 6.11. The molecule has 3 aromatic rings. The van der Waals surface area contributed by atoms with E-state index in [4.69, 9.17) is 0 Å². The number of hydrogen-bond acceptors (Lipinski definition) is 6. The molecule has 0 spiro atoms. The van der Waals surface area contributed by atoms with E-state index in [0.717, 1.165) is 11.4 Å². The van der Waals surface area contributed by atoms with E-state index in [1.807, 2.05) is 29.1 Å². The van der Waals surface area contributed by atoms with Crippen LogP contribution in [0.3, 0.4) is 0 Å². The number of thiophene rings is 1. The van der Waals surface area contributed by atoms with Crippen LogP contribution in [0.4, 0.5) is 9.93 Å². The molecule has 3 aromatic heterocycles. The van der Waals surface area contributed by atoms with Gasteiger partial charge in [-0.2, -0.15) is 11.3 Å². The Bertz CT molecular complexity index is 733. The highest BCUT2D eigenvalue weighted by molar-refractivity contribution is 7.13. The maximum atomic E-state index is 11.7. The van der Waals surface area contributed by atoms with Gasteiger partial charge in [0.15, 0.2) is 5.13 Å². The summed E-state index contributed by atoms with van der Waals surface area (Å²) in [6.07, 6.45) is 1.79. The lowest BCUT2D eigenvalue weighted by molar-refractivity contribution is 0.251. The Morgan fingerprint density at radius 2 is 2.33 bits per heavy atom. The van der Waals surface area contributed by atoms with Crippen LogP contribution in [0.2, 0.25) is 0 Å². The van der Waals surface area contributed by atoms with E-state index < -0.39 is 0 Å². The summed E-state index contributed by atoms with van der Waals surface area (Å²) < 4.78 is 1.68. The van der Waals surface area contributed by atoms with Crippen molar-refractivity contribution in [2.24, 2.45) is 0 Å². The second kappa shape index (κ2) is 6.02. The van der Waals surface area contributed by atoms with Crippen LogP contribution in [0.15, 0.2) is 28.4 Å². The van der Waals surface area contributed by atoms with Crippen molar-refractivity contribution in [2.75, 3.05) is 5.32 Å². The third-order valence-corrected chi connectivity index (χ3v) is 4.13. The van der Waals surface area contributed by atoms with Gasteiger partial charge in [0.2, 0.25) is 0 Å². The Morgan fingerprint density at radius 3 is 3.05 bits per heavy atom. The second-order valence-electron chi connectivity index (χ2n) is 4.24. The summed E-state index contributed by atoms with van der Waals surface area (Å²) in [6, 6.07) is 1.64. The van der Waals surface area contributed by atoms with Gasteiger partial charge in [-0.1, -0.05) is 5.21 Å². The summed E-state index contributed by atoms with van der Waals surface area (Å²) in [5.41, 5.74) is 2.53. The summed E-state index contributed by atoms with van der Waals surface area (Å²) in [5.74, 6) is 0. The van der Waals surface area contributed by atoms with Gasteiger partial charge in [0, 0.05) is 10.8 Å². The molecule has 0 atom stereocenters. The fraction of sp³-hybridized carbons (Fsp3) is 0.167. The summed E-state index contributed by atoms with van der Waals surface area (Å²) >= 11 is 2.98. The molecule has 0 aliphatic carbocycles. The number of hydrogen-bond donors (Lipinski definition) is 2. The number of aromatic nitrogens is 4. The van der Waals surface area contributed by atoms with Gasteiger partial charge in [0.25, 0.3) is 0 Å². The van der Waals surface area contributed by atoms with Crippen LogP contribution in [0.1, 0.15) is 11.4 Å². The zero-order chi connectivity index (χ0) is 14.7. The first-order chi connectivity index (χ1) is 10.2. The number of carbonyl (C=O) groups excluding carboxylic acids is 1. The largest absolute Gasteiger partial charge is 0.332 e. The number of urea groups is 1. The maximum Gasteiger partial charge on any atom is 0.321 e. The van der Waals surface area contributed by atoms with Gasteiger partial charge in [0.05, 0.1) is 24.1 Å². The predicted octanol–water partition coefficient (Wildman–Crippen LogP) is 2.42. The minimum Gasteiger partial charge on any atom is -0.332 e. The summed E-state index contributed by atoms with van der Waals surface area (Å²) in [7, 11) is 0. The number of nitrogens with one attached hydrogen (secondary N) is 2. The highest BCUT2D eigenvalue weighted by Crippen LogP contribution is 2.14. The first kappa shape index (κ1) is 13.7. The predicted molar refractivity (Wildman–Crippen MR) is 81.9 cm³/mol. The standard InChI is InChI=1S/C12H12N6OS2/c1-8-6-21-12(14-8)15-11(19)13-4-9-5-18(17-16-9)10-2-3-20-7-10/h2-3,5-7H,4H2,1H3,(H2,13,14,15,19). The van der Waals surface area contributed by atoms with Crippen LogP contribution < -0.4 is 10.6 Å². The molecule has 108 valence electrons. The number of nitrogens with zero attached hydrogens (tertiary/aromatic N) is 4. The molecule has 0 unspecified atom stereocenters. The molecule has 0 aliphatic rings. The van der Waals surface area contributed by atoms with Crippen molar-refractivity contribution in [2.45, 2.75) is 13.5 Å². The monoisotopic (exact) mass is 320 g/mol. The molecule has 2 amide bonds. The van der Waals surface area contributed by atoms with E-state index in [0.29, 0.717) is 17.4 Å². The third-order valence-electron chi connectivity index (χ3n) is 2.58. The van der Waals surface area contributed by atoms with Crippen molar-refractivity contribution >= 4 is 33.8 Å². The first-order valence-corrected chi connectivity index (χ1v) is 7.94. The Labute approximate surface area is 128 Å². The molecular formula is C12H12N6OS2. The van der Waals surface area contributed by atoms with E-state index in [2.05, 4.69) is 25.9 Å². The molecule has 21 heavy (non-hydrogen) atoms. The normalized spacial score (nSPS) is 10.5. The Morgan fingerprint density at radius 1 is 1.43 bits per heavy atom. The fourth-order valence-corrected chi connectivity index (χ4v) is 2.92. The number of rotatable bonds is 4. The van der Waals surface area contributed by atoms with Crippen molar-refractivity contribution in [3.05, 3.63) is 39.8 Å². The average Bonchev–Trinajstić information content (AvgIpc) is 3.17. The van der Waals surface area contributed by atoms with Gasteiger partial charge in [-0.05, 0) is 18.4 Å². The second-order valence-corrected chi connectivity index (χ2v) is 5.88. The Hall–Kier alpha value is -2.26. The Balaban J connectivity index is 1.54. The highest BCUT2D eigenvalue weighted by Gasteiger charge is 2.07. The minimum atomic E-state index is -0.311. The molecular weight excluding hydrogens is 308 g/mol. The zero-order valence-electron chi connectivity index (χ0n) is 11.1. The lowest BCUT2D eigenvalue weighted by Gasteiger charge is -2.02. The van der Waals surface area contributed by atoms with E-state index in [9.17, 15) is 4.79 Å². The molecule has 0 radical (unpaired) electrons. The van der Waals surface area contributed by atoms with Crippen molar-refractivity contribution in [1.29, 1.82) is 0 Å². The molecule has 3 heterocycles. The molecule has 0 bridgehead atoms. The van der Waals surface area contributed by atoms with Gasteiger partial charge in [-0.15, -0.1) is 16.4 Å². The minimum absolute atomic E-state index is 0.306. The van der Waals surface area contributed by atoms with Crippen LogP contribution in [-0.2, 0) is 6.54 Å². The fourth-order valence-electron chi connectivity index (χ4n) is 1.62. The Kier molecular flexibility index (Phi) is 3.93. The molecule has 0 saturated carbocycles. The van der Waals surface area contributed by atoms with Crippen molar-refractivity contribution < 1.29 is 4.79 Å². The van der Waals surface area contributed by atoms with Crippen LogP contribution >= 0.6 is 22.7 Å². The number of amides is 2. The summed E-state index contributed by atoms with van der Waals surface area (Å²) in [6.45, 7) is 2.18. The van der Waals surface area contributed by atoms with Crippen LogP contribution in [0, 0.1) is 6.92 Å². The van der Waals surface area contributed by atoms with Crippen LogP contribution in [-0.4, -0.2) is 26.0 Å². The zero-order valence-corrected chi connectivity index (χ0v) is 12.7. The van der Waals surface area contributed by atoms with E-state index in [1.165, 1.54) is 11.3 Å².